The van der Waals surface area contributed by atoms with E-state index in [9.17, 15) is 9.59 Å². The molecule has 4 heterocycles. The fourth-order valence-corrected chi connectivity index (χ4v) is 5.72. The molecule has 2 fully saturated rings. The van der Waals surface area contributed by atoms with Crippen LogP contribution in [0.2, 0.25) is 0 Å². The van der Waals surface area contributed by atoms with Gasteiger partial charge < -0.3 is 9.47 Å². The lowest BCUT2D eigenvalue weighted by Crippen LogP contribution is -2.21. The number of likely N-dealkylation sites (tertiary alicyclic amines) is 2. The molecule has 0 bridgehead atoms. The van der Waals surface area contributed by atoms with Crippen molar-refractivity contribution in [3.8, 4) is 24.7 Å². The van der Waals surface area contributed by atoms with Crippen molar-refractivity contribution in [2.45, 2.75) is 62.8 Å². The Bertz CT molecular complexity index is 1210. The van der Waals surface area contributed by atoms with Gasteiger partial charge in [0, 0.05) is 60.1 Å². The molecule has 2 aromatic rings. The van der Waals surface area contributed by atoms with Crippen LogP contribution in [-0.2, 0) is 19.1 Å². The van der Waals surface area contributed by atoms with E-state index in [2.05, 4.69) is 45.7 Å². The summed E-state index contributed by atoms with van der Waals surface area (Å²) >= 11 is 0. The van der Waals surface area contributed by atoms with Gasteiger partial charge >= 0.3 is 11.9 Å². The number of esters is 2. The van der Waals surface area contributed by atoms with Crippen molar-refractivity contribution in [3.63, 3.8) is 0 Å². The second kappa shape index (κ2) is 13.9. The largest absolute Gasteiger partial charge is 0.453 e. The maximum absolute atomic E-state index is 12.8. The Kier molecular flexibility index (Phi) is 10.1. The van der Waals surface area contributed by atoms with Crippen molar-refractivity contribution in [3.05, 3.63) is 71.3 Å². The summed E-state index contributed by atoms with van der Waals surface area (Å²) in [5, 5.41) is 0. The van der Waals surface area contributed by atoms with Gasteiger partial charge in [0.05, 0.1) is 12.8 Å². The first kappa shape index (κ1) is 29.0. The molecule has 0 N–H and O–H groups in total. The van der Waals surface area contributed by atoms with E-state index in [4.69, 9.17) is 22.3 Å². The number of nitrogens with zero attached hydrogens (tertiary/aromatic N) is 4. The normalized spacial score (nSPS) is 21.0. The highest BCUT2D eigenvalue weighted by Crippen LogP contribution is 2.37. The zero-order valence-electron chi connectivity index (χ0n) is 23.2. The number of carbonyl (C=O) groups excluding carboxylic acids is 2. The molecular formula is C32H36N4O4. The maximum atomic E-state index is 12.8. The zero-order valence-corrected chi connectivity index (χ0v) is 23.2. The first-order valence-corrected chi connectivity index (χ1v) is 13.7. The van der Waals surface area contributed by atoms with Crippen molar-refractivity contribution in [2.75, 3.05) is 27.2 Å². The van der Waals surface area contributed by atoms with E-state index >= 15 is 0 Å². The summed E-state index contributed by atoms with van der Waals surface area (Å²) in [6.07, 6.45) is 23.5. The number of terminal acetylenes is 2. The Balaban J connectivity index is 1.45. The number of hydrogen-bond donors (Lipinski definition) is 0. The number of pyridine rings is 2. The number of hydrogen-bond acceptors (Lipinski definition) is 8. The molecule has 4 unspecified atom stereocenters. The Morgan fingerprint density at radius 3 is 1.65 bits per heavy atom. The smallest absolute Gasteiger partial charge is 0.331 e. The molecule has 4 rings (SSSR count). The summed E-state index contributed by atoms with van der Waals surface area (Å²) < 4.78 is 11.5. The van der Waals surface area contributed by atoms with Crippen LogP contribution in [0.3, 0.4) is 0 Å². The highest BCUT2D eigenvalue weighted by molar-refractivity contribution is 5.91. The van der Waals surface area contributed by atoms with Crippen LogP contribution in [0.4, 0.5) is 0 Å². The third-order valence-corrected chi connectivity index (χ3v) is 7.71. The Labute approximate surface area is 236 Å². The molecule has 40 heavy (non-hydrogen) atoms. The first-order valence-electron chi connectivity index (χ1n) is 13.7. The molecule has 208 valence electrons. The Morgan fingerprint density at radius 2 is 1.30 bits per heavy atom. The van der Waals surface area contributed by atoms with Crippen molar-refractivity contribution in [1.82, 2.24) is 19.8 Å². The summed E-state index contributed by atoms with van der Waals surface area (Å²) in [4.78, 5) is 38.7. The van der Waals surface area contributed by atoms with Crippen LogP contribution in [-0.4, -0.2) is 58.9 Å². The highest BCUT2D eigenvalue weighted by Gasteiger charge is 2.30. The minimum absolute atomic E-state index is 0.184. The lowest BCUT2D eigenvalue weighted by Gasteiger charge is -2.25. The van der Waals surface area contributed by atoms with E-state index in [0.29, 0.717) is 0 Å². The Hall–Kier alpha value is -3.98. The highest BCUT2D eigenvalue weighted by atomic mass is 16.5. The van der Waals surface area contributed by atoms with Crippen LogP contribution < -0.4 is 0 Å². The third kappa shape index (κ3) is 6.96. The standard InChI is InChI=1S/C32H36N4O4/c1-5-9-29(23-15-17-33-21-25(23)27-11-7-19-35(27)3)39-31(37)13-14-32(38)40-30(10-6-2)24-16-18-34-22-26(24)28-12-8-20-36(28)4/h1-2,13-18,21-22,27-30H,7-12,19-20H2,3-4H3/b14-13+. The third-order valence-electron chi connectivity index (χ3n) is 7.71. The fraction of sp³-hybridized carbons (Fsp3) is 0.438. The van der Waals surface area contributed by atoms with Gasteiger partial charge in [-0.25, -0.2) is 9.59 Å². The quantitative estimate of drug-likeness (QED) is 0.248. The SMILES string of the molecule is C#CCC(OC(=O)/C=C/C(=O)OC(CC#C)c1ccncc1C1CCCN1C)c1ccncc1C1CCCN1C. The molecule has 0 saturated carbocycles. The predicted molar refractivity (Wildman–Crippen MR) is 151 cm³/mol. The topological polar surface area (TPSA) is 84.9 Å². The molecule has 8 heteroatoms. The molecule has 2 aliphatic rings. The number of aromatic nitrogens is 2. The number of carbonyl (C=O) groups is 2. The van der Waals surface area contributed by atoms with Crippen LogP contribution in [0.25, 0.3) is 0 Å². The molecule has 0 amide bonds. The molecule has 0 aliphatic carbocycles. The van der Waals surface area contributed by atoms with E-state index in [1.54, 1.807) is 12.4 Å². The average Bonchev–Trinajstić information content (AvgIpc) is 3.59. The second-order valence-electron chi connectivity index (χ2n) is 10.3. The van der Waals surface area contributed by atoms with Gasteiger partial charge in [-0.05, 0) is 76.1 Å². The van der Waals surface area contributed by atoms with Crippen molar-refractivity contribution >= 4 is 11.9 Å². The molecule has 8 nitrogen and oxygen atoms in total. The van der Waals surface area contributed by atoms with Crippen molar-refractivity contribution in [1.29, 1.82) is 0 Å². The van der Waals surface area contributed by atoms with E-state index in [0.717, 1.165) is 73.2 Å². The fourth-order valence-electron chi connectivity index (χ4n) is 5.72. The summed E-state index contributed by atoms with van der Waals surface area (Å²) in [5.41, 5.74) is 3.65. The van der Waals surface area contributed by atoms with Gasteiger partial charge in [0.1, 0.15) is 12.2 Å². The molecule has 4 atom stereocenters. The second-order valence-corrected chi connectivity index (χ2v) is 10.3. The van der Waals surface area contributed by atoms with Gasteiger partial charge in [0.2, 0.25) is 0 Å². The molecule has 0 spiro atoms. The van der Waals surface area contributed by atoms with Gasteiger partial charge in [-0.2, -0.15) is 0 Å². The minimum Gasteiger partial charge on any atom is -0.453 e. The van der Waals surface area contributed by atoms with Gasteiger partial charge in [0.25, 0.3) is 0 Å². The monoisotopic (exact) mass is 540 g/mol. The molecular weight excluding hydrogens is 504 g/mol. The molecule has 2 saturated heterocycles. The van der Waals surface area contributed by atoms with Gasteiger partial charge in [0.15, 0.2) is 0 Å². The minimum atomic E-state index is -0.689. The molecule has 2 aromatic heterocycles. The first-order chi connectivity index (χ1) is 19.4. The number of ether oxygens (including phenoxy) is 2. The van der Waals surface area contributed by atoms with Crippen molar-refractivity contribution in [2.24, 2.45) is 0 Å². The molecule has 2 aliphatic heterocycles. The zero-order chi connectivity index (χ0) is 28.5. The summed E-state index contributed by atoms with van der Waals surface area (Å²) in [6, 6.07) is 4.05. The summed E-state index contributed by atoms with van der Waals surface area (Å²) in [7, 11) is 4.14. The van der Waals surface area contributed by atoms with Crippen LogP contribution in [0.5, 0.6) is 0 Å². The van der Waals surface area contributed by atoms with E-state index < -0.39 is 24.1 Å². The van der Waals surface area contributed by atoms with Gasteiger partial charge in [-0.15, -0.1) is 24.7 Å². The lowest BCUT2D eigenvalue weighted by atomic mass is 9.96. The molecule has 0 radical (unpaired) electrons. The predicted octanol–water partition coefficient (Wildman–Crippen LogP) is 4.48. The van der Waals surface area contributed by atoms with E-state index in [1.165, 1.54) is 0 Å². The summed E-state index contributed by atoms with van der Waals surface area (Å²) in [6.45, 7) is 1.98. The molecule has 0 aromatic carbocycles. The Morgan fingerprint density at radius 1 is 0.875 bits per heavy atom. The van der Waals surface area contributed by atoms with Crippen molar-refractivity contribution < 1.29 is 19.1 Å². The van der Waals surface area contributed by atoms with Gasteiger partial charge in [-0.1, -0.05) is 0 Å². The lowest BCUT2D eigenvalue weighted by molar-refractivity contribution is -0.146. The van der Waals surface area contributed by atoms with Crippen LogP contribution in [0.15, 0.2) is 49.1 Å². The van der Waals surface area contributed by atoms with Crippen LogP contribution in [0, 0.1) is 24.7 Å². The average molecular weight is 541 g/mol. The van der Waals surface area contributed by atoms with E-state index in [1.807, 2.05) is 24.5 Å². The van der Waals surface area contributed by atoms with Crippen LogP contribution >= 0.6 is 0 Å². The number of rotatable bonds is 10. The summed E-state index contributed by atoms with van der Waals surface area (Å²) in [5.74, 6) is 3.82. The van der Waals surface area contributed by atoms with E-state index in [-0.39, 0.29) is 24.9 Å². The maximum Gasteiger partial charge on any atom is 0.331 e. The van der Waals surface area contributed by atoms with Gasteiger partial charge in [-0.3, -0.25) is 19.8 Å². The van der Waals surface area contributed by atoms with Crippen LogP contribution in [0.1, 0.15) is 85.1 Å².